The van der Waals surface area contributed by atoms with Crippen LogP contribution in [0.2, 0.25) is 0 Å². The van der Waals surface area contributed by atoms with Gasteiger partial charge < -0.3 is 15.5 Å². The van der Waals surface area contributed by atoms with E-state index in [0.717, 1.165) is 23.2 Å². The number of fused-ring (bicyclic) bond motifs is 1. The standard InChI is InChI=1S/C24H22FN3O2/c1-16-12-19-11-10-17(15-26-24(30)27-21-9-5-8-20(25)14-21)13-22(19)28(16)23(29)18-6-3-2-4-7-18/h2-11,13-14,16H,12,15H2,1H3,(H2,26,27,30)/t16-/m1/s1. The highest BCUT2D eigenvalue weighted by atomic mass is 19.1. The summed E-state index contributed by atoms with van der Waals surface area (Å²) in [6.45, 7) is 2.32. The van der Waals surface area contributed by atoms with Gasteiger partial charge in [0.2, 0.25) is 0 Å². The third-order valence-electron chi connectivity index (χ3n) is 5.14. The lowest BCUT2D eigenvalue weighted by Crippen LogP contribution is -2.35. The number of anilines is 2. The van der Waals surface area contributed by atoms with Crippen LogP contribution in [0.4, 0.5) is 20.6 Å². The van der Waals surface area contributed by atoms with Crippen LogP contribution in [0.15, 0.2) is 72.8 Å². The smallest absolute Gasteiger partial charge is 0.319 e. The van der Waals surface area contributed by atoms with E-state index < -0.39 is 11.8 Å². The number of rotatable bonds is 4. The Morgan fingerprint density at radius 3 is 2.60 bits per heavy atom. The average Bonchev–Trinajstić information content (AvgIpc) is 3.07. The molecule has 0 saturated carbocycles. The van der Waals surface area contributed by atoms with Crippen molar-refractivity contribution in [1.82, 2.24) is 5.32 Å². The summed E-state index contributed by atoms with van der Waals surface area (Å²) in [5.41, 5.74) is 3.90. The van der Waals surface area contributed by atoms with Gasteiger partial charge in [-0.15, -0.1) is 0 Å². The van der Waals surface area contributed by atoms with Crippen molar-refractivity contribution in [2.45, 2.75) is 25.9 Å². The molecule has 4 rings (SSSR count). The molecule has 0 aromatic heterocycles. The molecular formula is C24H22FN3O2. The Hall–Kier alpha value is -3.67. The van der Waals surface area contributed by atoms with Gasteiger partial charge in [-0.2, -0.15) is 0 Å². The summed E-state index contributed by atoms with van der Waals surface area (Å²) in [6.07, 6.45) is 0.793. The predicted octanol–water partition coefficient (Wildman–Crippen LogP) is 4.74. The molecule has 3 amide bonds. The van der Waals surface area contributed by atoms with E-state index in [9.17, 15) is 14.0 Å². The molecule has 1 atom stereocenters. The molecule has 30 heavy (non-hydrogen) atoms. The van der Waals surface area contributed by atoms with Crippen LogP contribution in [0.5, 0.6) is 0 Å². The molecule has 1 aliphatic heterocycles. The monoisotopic (exact) mass is 403 g/mol. The first-order valence-electron chi connectivity index (χ1n) is 9.82. The van der Waals surface area contributed by atoms with Crippen LogP contribution < -0.4 is 15.5 Å². The Bertz CT molecular complexity index is 1080. The lowest BCUT2D eigenvalue weighted by Gasteiger charge is -2.23. The number of carbonyl (C=O) groups excluding carboxylic acids is 2. The summed E-state index contributed by atoms with van der Waals surface area (Å²) in [7, 11) is 0. The minimum atomic E-state index is -0.424. The summed E-state index contributed by atoms with van der Waals surface area (Å²) in [4.78, 5) is 27.0. The van der Waals surface area contributed by atoms with Crippen LogP contribution in [-0.2, 0) is 13.0 Å². The maximum absolute atomic E-state index is 13.2. The molecule has 0 aliphatic carbocycles. The fraction of sp³-hybridized carbons (Fsp3) is 0.167. The first-order valence-corrected chi connectivity index (χ1v) is 9.82. The van der Waals surface area contributed by atoms with E-state index >= 15 is 0 Å². The lowest BCUT2D eigenvalue weighted by atomic mass is 10.1. The van der Waals surface area contributed by atoms with Gasteiger partial charge in [0.1, 0.15) is 5.82 Å². The van der Waals surface area contributed by atoms with Crippen molar-refractivity contribution >= 4 is 23.3 Å². The van der Waals surface area contributed by atoms with Crippen molar-refractivity contribution < 1.29 is 14.0 Å². The summed E-state index contributed by atoms with van der Waals surface area (Å²) >= 11 is 0. The highest BCUT2D eigenvalue weighted by molar-refractivity contribution is 6.07. The molecule has 0 fully saturated rings. The van der Waals surface area contributed by atoms with Crippen LogP contribution in [0.1, 0.15) is 28.4 Å². The molecule has 0 unspecified atom stereocenters. The molecular weight excluding hydrogens is 381 g/mol. The molecule has 0 bridgehead atoms. The number of halogens is 1. The largest absolute Gasteiger partial charge is 0.334 e. The Balaban J connectivity index is 1.46. The minimum Gasteiger partial charge on any atom is -0.334 e. The van der Waals surface area contributed by atoms with E-state index in [0.29, 0.717) is 11.3 Å². The second-order valence-electron chi connectivity index (χ2n) is 7.38. The fourth-order valence-electron chi connectivity index (χ4n) is 3.72. The van der Waals surface area contributed by atoms with Gasteiger partial charge in [-0.3, -0.25) is 4.79 Å². The maximum Gasteiger partial charge on any atom is 0.319 e. The molecule has 5 nitrogen and oxygen atoms in total. The number of hydrogen-bond donors (Lipinski definition) is 2. The van der Waals surface area contributed by atoms with Gasteiger partial charge in [0.15, 0.2) is 0 Å². The number of nitrogens with one attached hydrogen (secondary N) is 2. The van der Waals surface area contributed by atoms with Gasteiger partial charge in [0, 0.05) is 29.5 Å². The zero-order chi connectivity index (χ0) is 21.1. The van der Waals surface area contributed by atoms with E-state index in [2.05, 4.69) is 10.6 Å². The second-order valence-corrected chi connectivity index (χ2v) is 7.38. The van der Waals surface area contributed by atoms with E-state index in [1.54, 1.807) is 6.07 Å². The second kappa shape index (κ2) is 8.37. The van der Waals surface area contributed by atoms with Gasteiger partial charge in [-0.1, -0.05) is 36.4 Å². The molecule has 1 aliphatic rings. The van der Waals surface area contributed by atoms with E-state index in [1.807, 2.05) is 60.4 Å². The molecule has 0 radical (unpaired) electrons. The number of benzene rings is 3. The zero-order valence-corrected chi connectivity index (χ0v) is 16.6. The molecule has 3 aromatic carbocycles. The van der Waals surface area contributed by atoms with Gasteiger partial charge in [0.05, 0.1) is 0 Å². The molecule has 0 saturated heterocycles. The number of amides is 3. The van der Waals surface area contributed by atoms with E-state index in [4.69, 9.17) is 0 Å². The van der Waals surface area contributed by atoms with Crippen LogP contribution in [-0.4, -0.2) is 18.0 Å². The Kier molecular flexibility index (Phi) is 5.48. The molecule has 3 aromatic rings. The Morgan fingerprint density at radius 1 is 1.03 bits per heavy atom. The number of urea groups is 1. The maximum atomic E-state index is 13.2. The van der Waals surface area contributed by atoms with Crippen molar-refractivity contribution in [3.8, 4) is 0 Å². The molecule has 6 heteroatoms. The number of carbonyl (C=O) groups is 2. The van der Waals surface area contributed by atoms with Gasteiger partial charge in [-0.25, -0.2) is 9.18 Å². The van der Waals surface area contributed by atoms with Gasteiger partial charge in [0.25, 0.3) is 5.91 Å². The van der Waals surface area contributed by atoms with E-state index in [1.165, 1.54) is 18.2 Å². The van der Waals surface area contributed by atoms with Gasteiger partial charge in [-0.05, 0) is 60.9 Å². The van der Waals surface area contributed by atoms with E-state index in [-0.39, 0.29) is 18.5 Å². The lowest BCUT2D eigenvalue weighted by molar-refractivity contribution is 0.0981. The molecule has 2 N–H and O–H groups in total. The molecule has 1 heterocycles. The average molecular weight is 403 g/mol. The van der Waals surface area contributed by atoms with Crippen LogP contribution in [0.25, 0.3) is 0 Å². The molecule has 152 valence electrons. The van der Waals surface area contributed by atoms with Crippen LogP contribution in [0, 0.1) is 5.82 Å². The third kappa shape index (κ3) is 4.17. The highest BCUT2D eigenvalue weighted by Crippen LogP contribution is 2.34. The van der Waals surface area contributed by atoms with Crippen LogP contribution >= 0.6 is 0 Å². The van der Waals surface area contributed by atoms with Crippen molar-refractivity contribution in [2.24, 2.45) is 0 Å². The quantitative estimate of drug-likeness (QED) is 0.661. The Morgan fingerprint density at radius 2 is 1.83 bits per heavy atom. The summed E-state index contributed by atoms with van der Waals surface area (Å²) in [5, 5.41) is 5.38. The summed E-state index contributed by atoms with van der Waals surface area (Å²) in [6, 6.07) is 20.5. The van der Waals surface area contributed by atoms with Gasteiger partial charge >= 0.3 is 6.03 Å². The third-order valence-corrected chi connectivity index (χ3v) is 5.14. The zero-order valence-electron chi connectivity index (χ0n) is 16.6. The first-order chi connectivity index (χ1) is 14.5. The summed E-state index contributed by atoms with van der Waals surface area (Å²) < 4.78 is 13.2. The van der Waals surface area contributed by atoms with Crippen molar-refractivity contribution in [1.29, 1.82) is 0 Å². The topological polar surface area (TPSA) is 61.4 Å². The normalized spacial score (nSPS) is 14.9. The minimum absolute atomic E-state index is 0.0317. The summed E-state index contributed by atoms with van der Waals surface area (Å²) in [5.74, 6) is -0.445. The van der Waals surface area contributed by atoms with Crippen molar-refractivity contribution in [3.63, 3.8) is 0 Å². The first kappa shape index (κ1) is 19.6. The predicted molar refractivity (Wildman–Crippen MR) is 115 cm³/mol. The van der Waals surface area contributed by atoms with Crippen molar-refractivity contribution in [3.05, 3.63) is 95.3 Å². The Labute approximate surface area is 174 Å². The number of nitrogens with zero attached hydrogens (tertiary/aromatic N) is 1. The van der Waals surface area contributed by atoms with Crippen molar-refractivity contribution in [2.75, 3.05) is 10.2 Å². The SMILES string of the molecule is C[C@@H]1Cc2ccc(CNC(=O)Nc3cccc(F)c3)cc2N1C(=O)c1ccccc1. The fourth-order valence-corrected chi connectivity index (χ4v) is 3.72. The molecule has 0 spiro atoms. The van der Waals surface area contributed by atoms with Crippen LogP contribution in [0.3, 0.4) is 0 Å². The highest BCUT2D eigenvalue weighted by Gasteiger charge is 2.31. The number of hydrogen-bond acceptors (Lipinski definition) is 2.